The third kappa shape index (κ3) is 2.94. The summed E-state index contributed by atoms with van der Waals surface area (Å²) in [5, 5.41) is 17.3. The molecule has 7 nitrogen and oxygen atoms in total. The number of H-pyrrole nitrogens is 1. The number of hydrogen-bond donors (Lipinski definition) is 3. The fourth-order valence-electron chi connectivity index (χ4n) is 1.69. The summed E-state index contributed by atoms with van der Waals surface area (Å²) >= 11 is 0. The van der Waals surface area contributed by atoms with Crippen LogP contribution in [0.25, 0.3) is 11.3 Å². The Morgan fingerprint density at radius 1 is 1.40 bits per heavy atom. The van der Waals surface area contributed by atoms with E-state index in [1.807, 2.05) is 18.2 Å². The molecule has 0 radical (unpaired) electrons. The van der Waals surface area contributed by atoms with E-state index in [1.165, 1.54) is 6.07 Å². The molecule has 1 aromatic heterocycles. The molecule has 0 atom stereocenters. The molecule has 1 aromatic carbocycles. The van der Waals surface area contributed by atoms with Crippen molar-refractivity contribution in [2.45, 2.75) is 0 Å². The van der Waals surface area contributed by atoms with Gasteiger partial charge in [-0.1, -0.05) is 12.1 Å². The fourth-order valence-corrected chi connectivity index (χ4v) is 1.69. The van der Waals surface area contributed by atoms with Crippen LogP contribution in [0.15, 0.2) is 30.3 Å². The second kappa shape index (κ2) is 5.87. The number of amides is 1. The topological polar surface area (TPSA) is 104 Å². The van der Waals surface area contributed by atoms with E-state index in [2.05, 4.69) is 15.5 Å². The number of benzene rings is 1. The van der Waals surface area contributed by atoms with Crippen molar-refractivity contribution in [1.29, 1.82) is 0 Å². The first-order valence-corrected chi connectivity index (χ1v) is 5.80. The van der Waals surface area contributed by atoms with Crippen molar-refractivity contribution in [1.82, 2.24) is 15.5 Å². The van der Waals surface area contributed by atoms with Gasteiger partial charge in [0.2, 0.25) is 0 Å². The molecule has 3 N–H and O–H groups in total. The Balaban J connectivity index is 2.20. The largest absolute Gasteiger partial charge is 0.496 e. The number of carbonyl (C=O) groups excluding carboxylic acids is 1. The first-order chi connectivity index (χ1) is 9.61. The predicted octanol–water partition coefficient (Wildman–Crippen LogP) is 0.900. The van der Waals surface area contributed by atoms with Gasteiger partial charge in [0.05, 0.1) is 12.8 Å². The van der Waals surface area contributed by atoms with Gasteiger partial charge in [0, 0.05) is 5.56 Å². The third-order valence-electron chi connectivity index (χ3n) is 2.61. The van der Waals surface area contributed by atoms with Crippen molar-refractivity contribution in [3.8, 4) is 17.0 Å². The van der Waals surface area contributed by atoms with E-state index in [-0.39, 0.29) is 5.69 Å². The zero-order chi connectivity index (χ0) is 14.5. The van der Waals surface area contributed by atoms with Crippen molar-refractivity contribution in [3.05, 3.63) is 36.0 Å². The van der Waals surface area contributed by atoms with E-state index in [9.17, 15) is 9.59 Å². The summed E-state index contributed by atoms with van der Waals surface area (Å²) in [5.41, 5.74) is 1.50. The van der Waals surface area contributed by atoms with Crippen molar-refractivity contribution >= 4 is 11.9 Å². The van der Waals surface area contributed by atoms with Gasteiger partial charge in [0.15, 0.2) is 5.69 Å². The van der Waals surface area contributed by atoms with Crippen LogP contribution in [-0.4, -0.2) is 40.8 Å². The van der Waals surface area contributed by atoms with Gasteiger partial charge in [0.25, 0.3) is 5.91 Å². The molecule has 1 amide bonds. The number of rotatable bonds is 5. The third-order valence-corrected chi connectivity index (χ3v) is 2.61. The highest BCUT2D eigenvalue weighted by molar-refractivity contribution is 5.95. The van der Waals surface area contributed by atoms with Gasteiger partial charge in [0.1, 0.15) is 12.3 Å². The summed E-state index contributed by atoms with van der Waals surface area (Å²) in [6, 6.07) is 8.82. The number of ether oxygens (including phenoxy) is 1. The molecule has 104 valence electrons. The number of aromatic amines is 1. The monoisotopic (exact) mass is 275 g/mol. The van der Waals surface area contributed by atoms with E-state index in [0.717, 1.165) is 5.56 Å². The molecular formula is C13H13N3O4. The number of hydrogen-bond acceptors (Lipinski definition) is 4. The highest BCUT2D eigenvalue weighted by Crippen LogP contribution is 2.28. The number of aliphatic carboxylic acids is 1. The zero-order valence-electron chi connectivity index (χ0n) is 10.7. The standard InChI is InChI=1S/C13H13N3O4/c1-20-11-5-3-2-4-8(11)9-6-10(16-15-9)13(19)14-7-12(17)18/h2-6H,7H2,1H3,(H,14,19)(H,15,16)(H,17,18). The van der Waals surface area contributed by atoms with E-state index in [4.69, 9.17) is 9.84 Å². The Morgan fingerprint density at radius 2 is 2.15 bits per heavy atom. The summed E-state index contributed by atoms with van der Waals surface area (Å²) in [5.74, 6) is -1.02. The molecule has 0 aliphatic carbocycles. The molecule has 0 unspecified atom stereocenters. The van der Waals surface area contributed by atoms with Crippen LogP contribution in [0.4, 0.5) is 0 Å². The lowest BCUT2D eigenvalue weighted by atomic mass is 10.1. The number of nitrogens with one attached hydrogen (secondary N) is 2. The number of carboxylic acids is 1. The van der Waals surface area contributed by atoms with Crippen molar-refractivity contribution in [3.63, 3.8) is 0 Å². The maximum Gasteiger partial charge on any atom is 0.322 e. The average molecular weight is 275 g/mol. The number of methoxy groups -OCH3 is 1. The lowest BCUT2D eigenvalue weighted by Crippen LogP contribution is -2.29. The van der Waals surface area contributed by atoms with Crippen molar-refractivity contribution in [2.24, 2.45) is 0 Å². The lowest BCUT2D eigenvalue weighted by molar-refractivity contribution is -0.135. The number of para-hydroxylation sites is 1. The number of carbonyl (C=O) groups is 2. The van der Waals surface area contributed by atoms with Gasteiger partial charge in [-0.3, -0.25) is 14.7 Å². The molecule has 0 aliphatic rings. The molecular weight excluding hydrogens is 262 g/mol. The van der Waals surface area contributed by atoms with Gasteiger partial charge < -0.3 is 15.2 Å². The number of carboxylic acid groups (broad SMARTS) is 1. The van der Waals surface area contributed by atoms with Crippen LogP contribution in [0.1, 0.15) is 10.5 Å². The molecule has 0 saturated heterocycles. The minimum atomic E-state index is -1.11. The molecule has 7 heteroatoms. The zero-order valence-corrected chi connectivity index (χ0v) is 10.7. The lowest BCUT2D eigenvalue weighted by Gasteiger charge is -2.04. The van der Waals surface area contributed by atoms with E-state index in [1.54, 1.807) is 13.2 Å². The Morgan fingerprint density at radius 3 is 2.85 bits per heavy atom. The molecule has 0 spiro atoms. The Hall–Kier alpha value is -2.83. The van der Waals surface area contributed by atoms with Crippen molar-refractivity contribution in [2.75, 3.05) is 13.7 Å². The Bertz CT molecular complexity index is 636. The molecule has 0 bridgehead atoms. The SMILES string of the molecule is COc1ccccc1-c1cc(C(=O)NCC(=O)O)n[nH]1. The molecule has 0 saturated carbocycles. The van der Waals surface area contributed by atoms with Gasteiger partial charge in [-0.2, -0.15) is 5.10 Å². The van der Waals surface area contributed by atoms with Crippen LogP contribution in [0, 0.1) is 0 Å². The van der Waals surface area contributed by atoms with Crippen LogP contribution in [0.3, 0.4) is 0 Å². The fraction of sp³-hybridized carbons (Fsp3) is 0.154. The maximum absolute atomic E-state index is 11.7. The quantitative estimate of drug-likeness (QED) is 0.752. The molecule has 0 aliphatic heterocycles. The minimum Gasteiger partial charge on any atom is -0.496 e. The normalized spacial score (nSPS) is 10.1. The highest BCUT2D eigenvalue weighted by Gasteiger charge is 2.14. The van der Waals surface area contributed by atoms with E-state index in [0.29, 0.717) is 11.4 Å². The second-order valence-corrected chi connectivity index (χ2v) is 3.94. The highest BCUT2D eigenvalue weighted by atomic mass is 16.5. The first-order valence-electron chi connectivity index (χ1n) is 5.80. The number of aromatic nitrogens is 2. The summed E-state index contributed by atoms with van der Waals surface area (Å²) in [7, 11) is 1.55. The molecule has 0 fully saturated rings. The van der Waals surface area contributed by atoms with Crippen molar-refractivity contribution < 1.29 is 19.4 Å². The number of nitrogens with zero attached hydrogens (tertiary/aromatic N) is 1. The van der Waals surface area contributed by atoms with E-state index < -0.39 is 18.4 Å². The molecule has 20 heavy (non-hydrogen) atoms. The summed E-state index contributed by atoms with van der Waals surface area (Å²) in [6.45, 7) is -0.449. The Labute approximate surface area is 114 Å². The Kier molecular flexibility index (Phi) is 3.99. The molecule has 2 aromatic rings. The summed E-state index contributed by atoms with van der Waals surface area (Å²) in [4.78, 5) is 22.0. The second-order valence-electron chi connectivity index (χ2n) is 3.94. The minimum absolute atomic E-state index is 0.118. The van der Waals surface area contributed by atoms with Crippen LogP contribution in [0.2, 0.25) is 0 Å². The molecule has 1 heterocycles. The van der Waals surface area contributed by atoms with Crippen LogP contribution in [0.5, 0.6) is 5.75 Å². The predicted molar refractivity (Wildman–Crippen MR) is 70.5 cm³/mol. The van der Waals surface area contributed by atoms with Gasteiger partial charge in [-0.15, -0.1) is 0 Å². The summed E-state index contributed by atoms with van der Waals surface area (Å²) in [6.07, 6.45) is 0. The average Bonchev–Trinajstić information content (AvgIpc) is 2.94. The van der Waals surface area contributed by atoms with Gasteiger partial charge in [-0.05, 0) is 18.2 Å². The van der Waals surface area contributed by atoms with Gasteiger partial charge >= 0.3 is 5.97 Å². The molecule has 2 rings (SSSR count). The maximum atomic E-state index is 11.7. The van der Waals surface area contributed by atoms with Crippen LogP contribution >= 0.6 is 0 Å². The first kappa shape index (κ1) is 13.6. The van der Waals surface area contributed by atoms with Crippen LogP contribution < -0.4 is 10.1 Å². The van der Waals surface area contributed by atoms with Crippen LogP contribution in [-0.2, 0) is 4.79 Å². The smallest absolute Gasteiger partial charge is 0.322 e. The van der Waals surface area contributed by atoms with E-state index >= 15 is 0 Å². The summed E-state index contributed by atoms with van der Waals surface area (Å²) < 4.78 is 5.22. The van der Waals surface area contributed by atoms with Gasteiger partial charge in [-0.25, -0.2) is 0 Å².